The van der Waals surface area contributed by atoms with Crippen LogP contribution in [-0.4, -0.2) is 30.6 Å². The maximum absolute atomic E-state index is 12.1. The Hall–Kier alpha value is -1.35. The quantitative estimate of drug-likeness (QED) is 0.778. The molecule has 1 saturated carbocycles. The first-order valence-electron chi connectivity index (χ1n) is 7.16. The lowest BCUT2D eigenvalue weighted by Crippen LogP contribution is -2.26. The van der Waals surface area contributed by atoms with Gasteiger partial charge in [0, 0.05) is 19.6 Å². The van der Waals surface area contributed by atoms with Gasteiger partial charge in [-0.2, -0.15) is 0 Å². The first-order chi connectivity index (χ1) is 9.23. The zero-order chi connectivity index (χ0) is 13.3. The fourth-order valence-corrected chi connectivity index (χ4v) is 3.27. The van der Waals surface area contributed by atoms with E-state index in [1.807, 2.05) is 13.0 Å². The molecule has 0 amide bonds. The minimum Gasteiger partial charge on any atom is -0.466 e. The molecule has 2 aliphatic rings. The van der Waals surface area contributed by atoms with Crippen molar-refractivity contribution in [1.29, 1.82) is 0 Å². The fourth-order valence-electron chi connectivity index (χ4n) is 3.27. The van der Waals surface area contributed by atoms with Crippen molar-refractivity contribution in [3.05, 3.63) is 35.9 Å². The molecule has 0 unspecified atom stereocenters. The fraction of sp³-hybridized carbons (Fsp3) is 0.562. The predicted molar refractivity (Wildman–Crippen MR) is 73.5 cm³/mol. The van der Waals surface area contributed by atoms with Gasteiger partial charge in [-0.25, -0.2) is 0 Å². The molecule has 3 rings (SSSR count). The summed E-state index contributed by atoms with van der Waals surface area (Å²) in [5.74, 6) is 0.103. The number of hydrogen-bond acceptors (Lipinski definition) is 3. The second-order valence-electron chi connectivity index (χ2n) is 5.82. The van der Waals surface area contributed by atoms with Crippen LogP contribution in [0.25, 0.3) is 0 Å². The van der Waals surface area contributed by atoms with Gasteiger partial charge >= 0.3 is 5.97 Å². The van der Waals surface area contributed by atoms with E-state index in [2.05, 4.69) is 29.2 Å². The van der Waals surface area contributed by atoms with Crippen LogP contribution in [0.2, 0.25) is 0 Å². The van der Waals surface area contributed by atoms with Crippen LogP contribution < -0.4 is 0 Å². The zero-order valence-corrected chi connectivity index (χ0v) is 11.5. The number of benzene rings is 1. The number of esters is 1. The number of ether oxygens (including phenoxy) is 1. The first kappa shape index (κ1) is 12.7. The van der Waals surface area contributed by atoms with Crippen molar-refractivity contribution < 1.29 is 9.53 Å². The third kappa shape index (κ3) is 2.52. The van der Waals surface area contributed by atoms with E-state index >= 15 is 0 Å². The van der Waals surface area contributed by atoms with Gasteiger partial charge in [0.05, 0.1) is 12.5 Å². The van der Waals surface area contributed by atoms with Crippen molar-refractivity contribution in [3.8, 4) is 0 Å². The SMILES string of the molecule is CCOC(=O)[C@H]1CN(Cc2ccccc2)CC12CC2. The van der Waals surface area contributed by atoms with Crippen molar-refractivity contribution in [1.82, 2.24) is 4.90 Å². The van der Waals surface area contributed by atoms with Crippen LogP contribution in [0.5, 0.6) is 0 Å². The van der Waals surface area contributed by atoms with Crippen LogP contribution in [0.15, 0.2) is 30.3 Å². The monoisotopic (exact) mass is 259 g/mol. The summed E-state index contributed by atoms with van der Waals surface area (Å²) in [6, 6.07) is 10.5. The second kappa shape index (κ2) is 4.97. The molecule has 2 fully saturated rings. The summed E-state index contributed by atoms with van der Waals surface area (Å²) in [7, 11) is 0. The smallest absolute Gasteiger partial charge is 0.310 e. The molecule has 1 aromatic carbocycles. The molecular formula is C16H21NO2. The number of hydrogen-bond donors (Lipinski definition) is 0. The van der Waals surface area contributed by atoms with Crippen LogP contribution in [0.1, 0.15) is 25.3 Å². The Morgan fingerprint density at radius 1 is 1.37 bits per heavy atom. The normalized spacial score (nSPS) is 24.6. The lowest BCUT2D eigenvalue weighted by atomic mass is 9.93. The summed E-state index contributed by atoms with van der Waals surface area (Å²) in [4.78, 5) is 14.5. The number of carbonyl (C=O) groups is 1. The lowest BCUT2D eigenvalue weighted by Gasteiger charge is -2.15. The molecule has 0 bridgehead atoms. The van der Waals surface area contributed by atoms with E-state index in [4.69, 9.17) is 4.74 Å². The van der Waals surface area contributed by atoms with Gasteiger partial charge < -0.3 is 4.74 Å². The van der Waals surface area contributed by atoms with Crippen LogP contribution in [0, 0.1) is 11.3 Å². The molecular weight excluding hydrogens is 238 g/mol. The molecule has 1 heterocycles. The Labute approximate surface area is 114 Å². The Kier molecular flexibility index (Phi) is 3.31. The van der Waals surface area contributed by atoms with E-state index in [0.29, 0.717) is 6.61 Å². The van der Waals surface area contributed by atoms with Crippen molar-refractivity contribution in [2.75, 3.05) is 19.7 Å². The van der Waals surface area contributed by atoms with Gasteiger partial charge in [0.2, 0.25) is 0 Å². The molecule has 1 atom stereocenters. The highest BCUT2D eigenvalue weighted by Gasteiger charge is 2.58. The van der Waals surface area contributed by atoms with Crippen molar-refractivity contribution in [2.24, 2.45) is 11.3 Å². The summed E-state index contributed by atoms with van der Waals surface area (Å²) in [5.41, 5.74) is 1.56. The molecule has 1 spiro atoms. The average molecular weight is 259 g/mol. The number of carbonyl (C=O) groups excluding carboxylic acids is 1. The maximum Gasteiger partial charge on any atom is 0.310 e. The average Bonchev–Trinajstić information content (AvgIpc) is 3.07. The minimum atomic E-state index is 0.00978. The van der Waals surface area contributed by atoms with Gasteiger partial charge in [-0.15, -0.1) is 0 Å². The highest BCUT2D eigenvalue weighted by molar-refractivity contribution is 5.75. The summed E-state index contributed by atoms with van der Waals surface area (Å²) in [6.45, 7) is 5.22. The van der Waals surface area contributed by atoms with E-state index in [1.54, 1.807) is 0 Å². The van der Waals surface area contributed by atoms with Crippen LogP contribution in [0.4, 0.5) is 0 Å². The van der Waals surface area contributed by atoms with Crippen molar-refractivity contribution in [2.45, 2.75) is 26.3 Å². The predicted octanol–water partition coefficient (Wildman–Crippen LogP) is 2.46. The highest BCUT2D eigenvalue weighted by Crippen LogP contribution is 2.56. The molecule has 3 nitrogen and oxygen atoms in total. The van der Waals surface area contributed by atoms with Crippen LogP contribution in [0.3, 0.4) is 0 Å². The van der Waals surface area contributed by atoms with E-state index in [0.717, 1.165) is 19.6 Å². The topological polar surface area (TPSA) is 29.5 Å². The molecule has 1 aliphatic heterocycles. The Morgan fingerprint density at radius 2 is 2.11 bits per heavy atom. The summed E-state index contributed by atoms with van der Waals surface area (Å²) < 4.78 is 5.23. The maximum atomic E-state index is 12.1. The lowest BCUT2D eigenvalue weighted by molar-refractivity contribution is -0.149. The zero-order valence-electron chi connectivity index (χ0n) is 11.5. The van der Waals surface area contributed by atoms with Crippen LogP contribution >= 0.6 is 0 Å². The number of rotatable bonds is 4. The molecule has 1 aliphatic carbocycles. The van der Waals surface area contributed by atoms with E-state index in [1.165, 1.54) is 18.4 Å². The number of likely N-dealkylation sites (tertiary alicyclic amines) is 1. The van der Waals surface area contributed by atoms with E-state index in [-0.39, 0.29) is 17.3 Å². The molecule has 0 N–H and O–H groups in total. The summed E-state index contributed by atoms with van der Waals surface area (Å²) in [6.07, 6.45) is 2.36. The molecule has 0 aromatic heterocycles. The third-order valence-electron chi connectivity index (χ3n) is 4.43. The summed E-state index contributed by atoms with van der Waals surface area (Å²) in [5, 5.41) is 0. The molecule has 3 heteroatoms. The summed E-state index contributed by atoms with van der Waals surface area (Å²) >= 11 is 0. The van der Waals surface area contributed by atoms with Crippen molar-refractivity contribution >= 4 is 5.97 Å². The van der Waals surface area contributed by atoms with E-state index < -0.39 is 0 Å². The van der Waals surface area contributed by atoms with Crippen molar-refractivity contribution in [3.63, 3.8) is 0 Å². The third-order valence-corrected chi connectivity index (χ3v) is 4.43. The first-order valence-corrected chi connectivity index (χ1v) is 7.16. The molecule has 19 heavy (non-hydrogen) atoms. The van der Waals surface area contributed by atoms with E-state index in [9.17, 15) is 4.79 Å². The van der Waals surface area contributed by atoms with Gasteiger partial charge in [0.1, 0.15) is 0 Å². The minimum absolute atomic E-state index is 0.00978. The van der Waals surface area contributed by atoms with Gasteiger partial charge in [0.15, 0.2) is 0 Å². The van der Waals surface area contributed by atoms with Gasteiger partial charge in [-0.3, -0.25) is 9.69 Å². The highest BCUT2D eigenvalue weighted by atomic mass is 16.5. The van der Waals surface area contributed by atoms with Gasteiger partial charge in [0.25, 0.3) is 0 Å². The second-order valence-corrected chi connectivity index (χ2v) is 5.82. The Balaban J connectivity index is 1.66. The van der Waals surface area contributed by atoms with Gasteiger partial charge in [-0.05, 0) is 30.7 Å². The Bertz CT molecular complexity index is 453. The Morgan fingerprint density at radius 3 is 2.74 bits per heavy atom. The molecule has 102 valence electrons. The number of nitrogens with zero attached hydrogens (tertiary/aromatic N) is 1. The molecule has 1 saturated heterocycles. The van der Waals surface area contributed by atoms with Gasteiger partial charge in [-0.1, -0.05) is 30.3 Å². The standard InChI is InChI=1S/C16H21NO2/c1-2-19-15(18)14-11-17(12-16(14)8-9-16)10-13-6-4-3-5-7-13/h3-7,14H,2,8-12H2,1H3/t14-/m1/s1. The molecule has 1 aromatic rings. The molecule has 0 radical (unpaired) electrons. The van der Waals surface area contributed by atoms with Crippen LogP contribution in [-0.2, 0) is 16.1 Å². The largest absolute Gasteiger partial charge is 0.466 e.